The molecule has 0 radical (unpaired) electrons. The highest BCUT2D eigenvalue weighted by atomic mass is 32.2. The Bertz CT molecular complexity index is 1330. The van der Waals surface area contributed by atoms with Crippen LogP contribution in [0.1, 0.15) is 5.56 Å². The minimum atomic E-state index is -0.514. The minimum Gasteiger partial charge on any atom is -0.378 e. The van der Waals surface area contributed by atoms with Crippen molar-refractivity contribution in [3.63, 3.8) is 0 Å². The number of hydrogen-bond donors (Lipinski definition) is 1. The second-order valence-electron chi connectivity index (χ2n) is 7.14. The molecule has 1 aliphatic heterocycles. The molecule has 8 nitrogen and oxygen atoms in total. The van der Waals surface area contributed by atoms with Gasteiger partial charge in [-0.05, 0) is 65.5 Å². The fraction of sp³-hybridized carbons (Fsp3) is 0.136. The van der Waals surface area contributed by atoms with Crippen molar-refractivity contribution in [1.82, 2.24) is 9.88 Å². The highest BCUT2D eigenvalue weighted by Crippen LogP contribution is 2.33. The summed E-state index contributed by atoms with van der Waals surface area (Å²) in [5.74, 6) is -1.01. The third-order valence-corrected chi connectivity index (χ3v) is 7.07. The predicted molar refractivity (Wildman–Crippen MR) is 133 cm³/mol. The lowest BCUT2D eigenvalue weighted by Crippen LogP contribution is -2.36. The van der Waals surface area contributed by atoms with Crippen LogP contribution in [0.2, 0.25) is 0 Å². The summed E-state index contributed by atoms with van der Waals surface area (Å²) in [7, 11) is 3.87. The van der Waals surface area contributed by atoms with Crippen molar-refractivity contribution in [2.24, 2.45) is 0 Å². The molecule has 11 heteroatoms. The lowest BCUT2D eigenvalue weighted by atomic mass is 10.2. The first-order valence-corrected chi connectivity index (χ1v) is 12.1. The number of rotatable bonds is 6. The van der Waals surface area contributed by atoms with Crippen LogP contribution < -0.4 is 10.2 Å². The van der Waals surface area contributed by atoms with Gasteiger partial charge in [0.25, 0.3) is 11.1 Å². The maximum Gasteiger partial charge on any atom is 0.294 e. The van der Waals surface area contributed by atoms with Crippen molar-refractivity contribution >= 4 is 79.0 Å². The van der Waals surface area contributed by atoms with Crippen molar-refractivity contribution in [3.05, 3.63) is 52.9 Å². The molecule has 0 saturated carbocycles. The summed E-state index contributed by atoms with van der Waals surface area (Å²) < 4.78 is 0.819. The number of fused-ring (bicyclic) bond motifs is 1. The van der Waals surface area contributed by atoms with Gasteiger partial charge in [-0.2, -0.15) is 5.26 Å². The Morgan fingerprint density at radius 3 is 2.70 bits per heavy atom. The first-order chi connectivity index (χ1) is 15.8. The van der Waals surface area contributed by atoms with Crippen LogP contribution >= 0.6 is 34.9 Å². The van der Waals surface area contributed by atoms with E-state index in [0.717, 1.165) is 49.3 Å². The summed E-state index contributed by atoms with van der Waals surface area (Å²) in [5, 5.41) is 13.3. The second kappa shape index (κ2) is 9.66. The van der Waals surface area contributed by atoms with Crippen LogP contribution in [0, 0.1) is 10.7 Å². The predicted octanol–water partition coefficient (Wildman–Crippen LogP) is 4.61. The van der Waals surface area contributed by atoms with Crippen LogP contribution in [-0.4, -0.2) is 47.6 Å². The summed E-state index contributed by atoms with van der Waals surface area (Å²) >= 11 is 3.11. The number of aromatic nitrogens is 1. The molecule has 1 aliphatic rings. The van der Waals surface area contributed by atoms with Crippen molar-refractivity contribution in [3.8, 4) is 5.40 Å². The van der Waals surface area contributed by atoms with Gasteiger partial charge in [0.1, 0.15) is 11.9 Å². The van der Waals surface area contributed by atoms with Gasteiger partial charge in [-0.1, -0.05) is 23.5 Å². The molecule has 4 rings (SSSR count). The Kier molecular flexibility index (Phi) is 6.69. The Morgan fingerprint density at radius 2 is 2.00 bits per heavy atom. The molecule has 0 unspecified atom stereocenters. The van der Waals surface area contributed by atoms with E-state index in [9.17, 15) is 14.4 Å². The number of amides is 3. The lowest BCUT2D eigenvalue weighted by molar-refractivity contribution is -0.127. The Morgan fingerprint density at radius 1 is 1.24 bits per heavy atom. The largest absolute Gasteiger partial charge is 0.378 e. The smallest absolute Gasteiger partial charge is 0.294 e. The van der Waals surface area contributed by atoms with E-state index in [2.05, 4.69) is 10.3 Å². The van der Waals surface area contributed by atoms with Gasteiger partial charge in [-0.3, -0.25) is 19.3 Å². The molecule has 0 aliphatic carbocycles. The highest BCUT2D eigenvalue weighted by Gasteiger charge is 2.36. The van der Waals surface area contributed by atoms with Crippen molar-refractivity contribution in [2.45, 2.75) is 4.90 Å². The van der Waals surface area contributed by atoms with Gasteiger partial charge in [-0.15, -0.1) is 0 Å². The molecular formula is C22H17N5O3S3. The van der Waals surface area contributed by atoms with Gasteiger partial charge in [0.05, 0.1) is 15.1 Å². The lowest BCUT2D eigenvalue weighted by Gasteiger charge is -2.12. The topological polar surface area (TPSA) is 106 Å². The summed E-state index contributed by atoms with van der Waals surface area (Å²) in [6, 6.07) is 12.9. The minimum absolute atomic E-state index is 0.271. The van der Waals surface area contributed by atoms with Crippen molar-refractivity contribution in [2.75, 3.05) is 30.9 Å². The molecule has 3 aromatic rings. The van der Waals surface area contributed by atoms with Gasteiger partial charge in [0.15, 0.2) is 5.13 Å². The highest BCUT2D eigenvalue weighted by molar-refractivity contribution is 8.18. The molecule has 0 atom stereocenters. The third kappa shape index (κ3) is 5.19. The van der Waals surface area contributed by atoms with Crippen LogP contribution in [0.4, 0.5) is 15.6 Å². The van der Waals surface area contributed by atoms with E-state index in [1.807, 2.05) is 54.7 Å². The fourth-order valence-electron chi connectivity index (χ4n) is 3.03. The molecule has 166 valence electrons. The van der Waals surface area contributed by atoms with E-state index < -0.39 is 23.6 Å². The maximum absolute atomic E-state index is 12.7. The Balaban J connectivity index is 1.42. The number of anilines is 2. The summed E-state index contributed by atoms with van der Waals surface area (Å²) in [6.45, 7) is -0.396. The Labute approximate surface area is 202 Å². The SMILES string of the molecule is CN(C)c1ccc(/C=C2/SC(=O)N(CC(=O)Nc3nc4ccc(SC#N)cc4s3)C2=O)cc1. The molecule has 3 amide bonds. The number of thiazole rings is 1. The number of thiocyanates is 1. The molecule has 1 saturated heterocycles. The standard InChI is InChI=1S/C22H17N5O3S3/c1-26(2)14-5-3-13(4-6-14)9-18-20(29)27(22(30)33-18)11-19(28)25-21-24-16-8-7-15(31-12-23)10-17(16)32-21/h3-10H,11H2,1-2H3,(H,24,25,28)/b18-9+. The summed E-state index contributed by atoms with van der Waals surface area (Å²) in [6.07, 6.45) is 1.65. The average Bonchev–Trinajstić information content (AvgIpc) is 3.29. The van der Waals surface area contributed by atoms with Crippen LogP contribution in [-0.2, 0) is 9.59 Å². The van der Waals surface area contributed by atoms with Gasteiger partial charge in [0.2, 0.25) is 5.91 Å². The van der Waals surface area contributed by atoms with E-state index in [1.54, 1.807) is 18.2 Å². The van der Waals surface area contributed by atoms with Crippen LogP contribution in [0.25, 0.3) is 16.3 Å². The quantitative estimate of drug-likeness (QED) is 0.300. The number of imide groups is 1. The molecule has 1 fully saturated rings. The van der Waals surface area contributed by atoms with Gasteiger partial charge < -0.3 is 10.2 Å². The van der Waals surface area contributed by atoms with E-state index in [-0.39, 0.29) is 4.91 Å². The first-order valence-electron chi connectivity index (χ1n) is 9.63. The van der Waals surface area contributed by atoms with E-state index in [4.69, 9.17) is 5.26 Å². The number of nitriles is 1. The van der Waals surface area contributed by atoms with Gasteiger partial charge >= 0.3 is 0 Å². The fourth-order valence-corrected chi connectivity index (χ4v) is 5.29. The molecular weight excluding hydrogens is 478 g/mol. The van der Waals surface area contributed by atoms with Gasteiger partial charge in [0, 0.05) is 24.7 Å². The summed E-state index contributed by atoms with van der Waals surface area (Å²) in [5.41, 5.74) is 2.50. The molecule has 0 bridgehead atoms. The zero-order chi connectivity index (χ0) is 23.5. The number of benzene rings is 2. The molecule has 0 spiro atoms. The number of carbonyl (C=O) groups excluding carboxylic acids is 3. The van der Waals surface area contributed by atoms with Crippen molar-refractivity contribution < 1.29 is 14.4 Å². The molecule has 2 heterocycles. The van der Waals surface area contributed by atoms with E-state index >= 15 is 0 Å². The molecule has 2 aromatic carbocycles. The third-order valence-electron chi connectivity index (χ3n) is 4.65. The van der Waals surface area contributed by atoms with Crippen LogP contribution in [0.15, 0.2) is 52.3 Å². The second-order valence-corrected chi connectivity index (χ2v) is 10.0. The number of nitrogens with zero attached hydrogens (tertiary/aromatic N) is 4. The number of nitrogens with one attached hydrogen (secondary N) is 1. The zero-order valence-electron chi connectivity index (χ0n) is 17.6. The van der Waals surface area contributed by atoms with Crippen LogP contribution in [0.3, 0.4) is 0 Å². The van der Waals surface area contributed by atoms with Gasteiger partial charge in [-0.25, -0.2) is 4.98 Å². The number of hydrogen-bond acceptors (Lipinski definition) is 9. The number of carbonyl (C=O) groups is 3. The first kappa shape index (κ1) is 22.8. The number of thioether (sulfide) groups is 2. The van der Waals surface area contributed by atoms with Crippen molar-refractivity contribution in [1.29, 1.82) is 5.26 Å². The molecule has 1 N–H and O–H groups in total. The van der Waals surface area contributed by atoms with Crippen LogP contribution in [0.5, 0.6) is 0 Å². The monoisotopic (exact) mass is 495 g/mol. The van der Waals surface area contributed by atoms with E-state index in [0.29, 0.717) is 10.6 Å². The normalized spacial score (nSPS) is 14.7. The summed E-state index contributed by atoms with van der Waals surface area (Å²) in [4.78, 5) is 45.9. The van der Waals surface area contributed by atoms with E-state index in [1.165, 1.54) is 11.3 Å². The molecule has 1 aromatic heterocycles. The Hall–Kier alpha value is -3.33. The average molecular weight is 496 g/mol. The zero-order valence-corrected chi connectivity index (χ0v) is 20.0. The maximum atomic E-state index is 12.7. The molecule has 33 heavy (non-hydrogen) atoms.